The molecule has 0 fully saturated rings. The first-order valence-electron chi connectivity index (χ1n) is 5.86. The van der Waals surface area contributed by atoms with Gasteiger partial charge in [0.15, 0.2) is 12.4 Å². The zero-order chi connectivity index (χ0) is 14.5. The van der Waals surface area contributed by atoms with E-state index in [1.165, 1.54) is 31.6 Å². The van der Waals surface area contributed by atoms with E-state index < -0.39 is 0 Å². The van der Waals surface area contributed by atoms with Gasteiger partial charge >= 0.3 is 0 Å². The lowest BCUT2D eigenvalue weighted by Gasteiger charge is -2.11. The van der Waals surface area contributed by atoms with Crippen LogP contribution in [0.2, 0.25) is 0 Å². The maximum Gasteiger partial charge on any atom is 0.256 e. The van der Waals surface area contributed by atoms with Crippen LogP contribution in [0.5, 0.6) is 11.5 Å². The van der Waals surface area contributed by atoms with E-state index in [0.29, 0.717) is 27.5 Å². The van der Waals surface area contributed by atoms with Crippen LogP contribution in [0.1, 0.15) is 10.4 Å². The van der Waals surface area contributed by atoms with Crippen molar-refractivity contribution in [3.63, 3.8) is 0 Å². The average molecular weight is 274 g/mol. The first-order valence-corrected chi connectivity index (χ1v) is 5.86. The largest absolute Gasteiger partial charge is 0.619 e. The number of hydrogen-bond acceptors (Lipinski definition) is 4. The number of benzene rings is 1. The van der Waals surface area contributed by atoms with Crippen molar-refractivity contribution in [2.24, 2.45) is 0 Å². The fraction of sp³-hybridized carbons (Fsp3) is 0.143. The molecule has 1 N–H and O–H groups in total. The van der Waals surface area contributed by atoms with Gasteiger partial charge in [-0.05, 0) is 12.1 Å². The summed E-state index contributed by atoms with van der Waals surface area (Å²) < 4.78 is 10.9. The molecule has 0 radical (unpaired) electrons. The van der Waals surface area contributed by atoms with Crippen LogP contribution in [0, 0.1) is 5.21 Å². The van der Waals surface area contributed by atoms with Crippen molar-refractivity contribution in [3.05, 3.63) is 53.5 Å². The Morgan fingerprint density at radius 3 is 2.45 bits per heavy atom. The van der Waals surface area contributed by atoms with Gasteiger partial charge in [-0.2, -0.15) is 4.73 Å². The Morgan fingerprint density at radius 1 is 1.15 bits per heavy atom. The normalized spacial score (nSPS) is 9.90. The molecule has 6 heteroatoms. The Bertz CT molecular complexity index is 611. The third-order valence-corrected chi connectivity index (χ3v) is 2.72. The van der Waals surface area contributed by atoms with Crippen LogP contribution in [0.4, 0.5) is 5.69 Å². The van der Waals surface area contributed by atoms with Crippen molar-refractivity contribution >= 4 is 11.6 Å². The summed E-state index contributed by atoms with van der Waals surface area (Å²) in [7, 11) is 3.06. The van der Waals surface area contributed by atoms with Gasteiger partial charge in [-0.25, -0.2) is 0 Å². The Kier molecular flexibility index (Phi) is 4.05. The second-order valence-electron chi connectivity index (χ2n) is 3.97. The number of anilines is 1. The quantitative estimate of drug-likeness (QED) is 0.678. The van der Waals surface area contributed by atoms with Gasteiger partial charge in [0.25, 0.3) is 5.91 Å². The molecule has 0 atom stereocenters. The molecule has 0 spiro atoms. The number of carbonyl (C=O) groups excluding carboxylic acids is 1. The average Bonchev–Trinajstić information content (AvgIpc) is 2.48. The molecular weight excluding hydrogens is 260 g/mol. The lowest BCUT2D eigenvalue weighted by molar-refractivity contribution is -0.605. The van der Waals surface area contributed by atoms with Crippen LogP contribution >= 0.6 is 0 Å². The SMILES string of the molecule is COc1ccc(NC(=O)c2cc[n+]([O-])cc2)c(OC)c1. The molecule has 2 aromatic rings. The number of ether oxygens (including phenoxy) is 2. The molecule has 0 aliphatic rings. The molecule has 1 amide bonds. The molecule has 0 unspecified atom stereocenters. The van der Waals surface area contributed by atoms with E-state index in [4.69, 9.17) is 9.47 Å². The number of rotatable bonds is 4. The van der Waals surface area contributed by atoms with E-state index in [9.17, 15) is 10.0 Å². The van der Waals surface area contributed by atoms with Gasteiger partial charge in [0, 0.05) is 18.2 Å². The number of nitrogens with one attached hydrogen (secondary N) is 1. The zero-order valence-electron chi connectivity index (χ0n) is 11.1. The van der Waals surface area contributed by atoms with Gasteiger partial charge in [-0.15, -0.1) is 0 Å². The van der Waals surface area contributed by atoms with Gasteiger partial charge < -0.3 is 20.0 Å². The molecule has 0 saturated carbocycles. The van der Waals surface area contributed by atoms with E-state index in [1.54, 1.807) is 25.3 Å². The summed E-state index contributed by atoms with van der Waals surface area (Å²) in [6.07, 6.45) is 2.53. The van der Waals surface area contributed by atoms with E-state index in [0.717, 1.165) is 0 Å². The number of pyridine rings is 1. The van der Waals surface area contributed by atoms with E-state index in [1.807, 2.05) is 0 Å². The van der Waals surface area contributed by atoms with Gasteiger partial charge in [0.2, 0.25) is 0 Å². The van der Waals surface area contributed by atoms with Crippen molar-refractivity contribution in [3.8, 4) is 11.5 Å². The lowest BCUT2D eigenvalue weighted by atomic mass is 10.2. The van der Waals surface area contributed by atoms with Crippen molar-refractivity contribution in [1.29, 1.82) is 0 Å². The number of carbonyl (C=O) groups is 1. The molecule has 0 aliphatic carbocycles. The van der Waals surface area contributed by atoms with Crippen molar-refractivity contribution in [2.75, 3.05) is 19.5 Å². The maximum absolute atomic E-state index is 12.0. The second kappa shape index (κ2) is 5.92. The summed E-state index contributed by atoms with van der Waals surface area (Å²) in [6, 6.07) is 7.96. The Morgan fingerprint density at radius 2 is 1.85 bits per heavy atom. The molecule has 20 heavy (non-hydrogen) atoms. The Hall–Kier alpha value is -2.76. The van der Waals surface area contributed by atoms with Crippen LogP contribution in [0.3, 0.4) is 0 Å². The molecule has 0 aliphatic heterocycles. The van der Waals surface area contributed by atoms with Crippen LogP contribution in [0.15, 0.2) is 42.7 Å². The van der Waals surface area contributed by atoms with Crippen molar-refractivity contribution < 1.29 is 19.0 Å². The third kappa shape index (κ3) is 2.97. The van der Waals surface area contributed by atoms with Gasteiger partial charge in [-0.1, -0.05) is 0 Å². The van der Waals surface area contributed by atoms with Crippen molar-refractivity contribution in [1.82, 2.24) is 0 Å². The van der Waals surface area contributed by atoms with Gasteiger partial charge in [-0.3, -0.25) is 4.79 Å². The molecule has 104 valence electrons. The molecule has 6 nitrogen and oxygen atoms in total. The topological polar surface area (TPSA) is 74.5 Å². The van der Waals surface area contributed by atoms with Gasteiger partial charge in [0.05, 0.1) is 25.5 Å². The standard InChI is InChI=1S/C14H14N2O4/c1-19-11-3-4-12(13(9-11)20-2)15-14(17)10-5-7-16(18)8-6-10/h3-9H,1-2H3,(H,15,17). The summed E-state index contributed by atoms with van der Waals surface area (Å²) in [5.41, 5.74) is 0.909. The minimum atomic E-state index is -0.325. The highest BCUT2D eigenvalue weighted by Crippen LogP contribution is 2.29. The molecule has 1 heterocycles. The molecule has 1 aromatic heterocycles. The predicted molar refractivity (Wildman–Crippen MR) is 72.9 cm³/mol. The first kappa shape index (κ1) is 13.7. The number of methoxy groups -OCH3 is 2. The summed E-state index contributed by atoms with van der Waals surface area (Å²) in [6.45, 7) is 0. The second-order valence-corrected chi connectivity index (χ2v) is 3.97. The smallest absolute Gasteiger partial charge is 0.256 e. The van der Waals surface area contributed by atoms with Crippen molar-refractivity contribution in [2.45, 2.75) is 0 Å². The summed E-state index contributed by atoms with van der Waals surface area (Å²) in [5, 5.41) is 13.6. The third-order valence-electron chi connectivity index (χ3n) is 2.72. The van der Waals surface area contributed by atoms with E-state index in [-0.39, 0.29) is 5.91 Å². The summed E-state index contributed by atoms with van der Waals surface area (Å²) in [5.74, 6) is 0.800. The van der Waals surface area contributed by atoms with Crippen LogP contribution in [-0.2, 0) is 0 Å². The highest BCUT2D eigenvalue weighted by Gasteiger charge is 2.11. The Balaban J connectivity index is 2.21. The highest BCUT2D eigenvalue weighted by atomic mass is 16.5. The lowest BCUT2D eigenvalue weighted by Crippen LogP contribution is -2.25. The summed E-state index contributed by atoms with van der Waals surface area (Å²) >= 11 is 0. The fourth-order valence-electron chi connectivity index (χ4n) is 1.66. The fourth-order valence-corrected chi connectivity index (χ4v) is 1.66. The number of hydrogen-bond donors (Lipinski definition) is 1. The van der Waals surface area contributed by atoms with Gasteiger partial charge in [0.1, 0.15) is 11.5 Å². The minimum Gasteiger partial charge on any atom is -0.619 e. The molecular formula is C14H14N2O4. The molecule has 0 bridgehead atoms. The highest BCUT2D eigenvalue weighted by molar-refractivity contribution is 6.04. The zero-order valence-corrected chi connectivity index (χ0v) is 11.1. The van der Waals surface area contributed by atoms with Crippen LogP contribution in [-0.4, -0.2) is 20.1 Å². The number of aromatic nitrogens is 1. The summed E-state index contributed by atoms with van der Waals surface area (Å²) in [4.78, 5) is 12.0. The monoisotopic (exact) mass is 274 g/mol. The Labute approximate surface area is 116 Å². The predicted octanol–water partition coefficient (Wildman–Crippen LogP) is 1.59. The van der Waals surface area contributed by atoms with E-state index in [2.05, 4.69) is 5.32 Å². The minimum absolute atomic E-state index is 0.325. The van der Waals surface area contributed by atoms with Crippen LogP contribution < -0.4 is 19.5 Å². The molecule has 2 rings (SSSR count). The number of nitrogens with zero attached hydrogens (tertiary/aromatic N) is 1. The number of amides is 1. The maximum atomic E-state index is 12.0. The van der Waals surface area contributed by atoms with E-state index >= 15 is 0 Å². The molecule has 1 aromatic carbocycles. The van der Waals surface area contributed by atoms with Crippen LogP contribution in [0.25, 0.3) is 0 Å². The first-order chi connectivity index (χ1) is 9.63. The molecule has 0 saturated heterocycles.